The van der Waals surface area contributed by atoms with Crippen molar-refractivity contribution in [3.8, 4) is 0 Å². The lowest BCUT2D eigenvalue weighted by Crippen LogP contribution is -2.34. The van der Waals surface area contributed by atoms with E-state index in [2.05, 4.69) is 5.32 Å². The molecular formula is C24H20FN3O4S. The Bertz CT molecular complexity index is 1360. The van der Waals surface area contributed by atoms with Crippen LogP contribution in [0.25, 0.3) is 0 Å². The van der Waals surface area contributed by atoms with Crippen LogP contribution in [-0.4, -0.2) is 37.8 Å². The molecule has 2 heterocycles. The minimum Gasteiger partial charge on any atom is -0.328 e. The predicted molar refractivity (Wildman–Crippen MR) is 120 cm³/mol. The molecule has 0 bridgehead atoms. The molecule has 168 valence electrons. The first-order chi connectivity index (χ1) is 15.8. The topological polar surface area (TPSA) is 86.8 Å². The van der Waals surface area contributed by atoms with Gasteiger partial charge in [-0.05, 0) is 53.9 Å². The van der Waals surface area contributed by atoms with Gasteiger partial charge in [-0.15, -0.1) is 0 Å². The Hall–Kier alpha value is -3.72. The van der Waals surface area contributed by atoms with Gasteiger partial charge in [0.05, 0.1) is 17.5 Å². The van der Waals surface area contributed by atoms with Crippen molar-refractivity contribution in [1.29, 1.82) is 0 Å². The second-order valence-electron chi connectivity index (χ2n) is 7.96. The van der Waals surface area contributed by atoms with Gasteiger partial charge in [0.15, 0.2) is 0 Å². The van der Waals surface area contributed by atoms with Crippen molar-refractivity contribution in [2.45, 2.75) is 17.4 Å². The molecule has 3 aromatic rings. The van der Waals surface area contributed by atoms with Crippen molar-refractivity contribution in [3.05, 3.63) is 95.3 Å². The van der Waals surface area contributed by atoms with E-state index in [4.69, 9.17) is 0 Å². The highest BCUT2D eigenvalue weighted by Crippen LogP contribution is 2.33. The zero-order valence-corrected chi connectivity index (χ0v) is 18.3. The maximum Gasteiger partial charge on any atom is 0.331 e. The molecule has 0 saturated carbocycles. The van der Waals surface area contributed by atoms with Gasteiger partial charge < -0.3 is 10.2 Å². The minimum atomic E-state index is -4.08. The minimum absolute atomic E-state index is 0.00749. The summed E-state index contributed by atoms with van der Waals surface area (Å²) in [6, 6.07) is 18.0. The van der Waals surface area contributed by atoms with Crippen molar-refractivity contribution in [3.63, 3.8) is 0 Å². The lowest BCUT2D eigenvalue weighted by atomic mass is 10.1. The summed E-state index contributed by atoms with van der Waals surface area (Å²) in [5, 5.41) is 2.72. The zero-order chi connectivity index (χ0) is 23.2. The van der Waals surface area contributed by atoms with Crippen molar-refractivity contribution >= 4 is 27.6 Å². The Kier molecular flexibility index (Phi) is 5.13. The van der Waals surface area contributed by atoms with Gasteiger partial charge in [-0.2, -0.15) is 0 Å². The first kappa shape index (κ1) is 21.1. The number of rotatable bonds is 4. The Morgan fingerprint density at radius 3 is 2.55 bits per heavy atom. The van der Waals surface area contributed by atoms with Crippen LogP contribution in [-0.2, 0) is 16.4 Å². The Morgan fingerprint density at radius 1 is 1.00 bits per heavy atom. The van der Waals surface area contributed by atoms with Gasteiger partial charge in [-0.1, -0.05) is 36.4 Å². The monoisotopic (exact) mass is 465 g/mol. The summed E-state index contributed by atoms with van der Waals surface area (Å²) in [5.74, 6) is -0.854. The van der Waals surface area contributed by atoms with E-state index in [9.17, 15) is 22.4 Å². The molecule has 1 unspecified atom stereocenters. The van der Waals surface area contributed by atoms with E-state index in [0.717, 1.165) is 9.87 Å². The van der Waals surface area contributed by atoms with Crippen molar-refractivity contribution in [2.75, 3.05) is 18.0 Å². The number of hydrogen-bond donors (Lipinski definition) is 1. The highest BCUT2D eigenvalue weighted by molar-refractivity contribution is 7.89. The predicted octanol–water partition coefficient (Wildman–Crippen LogP) is 3.48. The zero-order valence-electron chi connectivity index (χ0n) is 17.4. The second-order valence-corrected chi connectivity index (χ2v) is 9.82. The molecule has 1 fully saturated rings. The van der Waals surface area contributed by atoms with E-state index in [1.807, 2.05) is 30.3 Å². The quantitative estimate of drug-likeness (QED) is 0.639. The van der Waals surface area contributed by atoms with Crippen molar-refractivity contribution < 1.29 is 22.4 Å². The summed E-state index contributed by atoms with van der Waals surface area (Å²) in [6.07, 6.45) is 0.457. The smallest absolute Gasteiger partial charge is 0.328 e. The van der Waals surface area contributed by atoms with E-state index in [0.29, 0.717) is 24.2 Å². The van der Waals surface area contributed by atoms with Crippen LogP contribution in [0.3, 0.4) is 0 Å². The Morgan fingerprint density at radius 2 is 1.79 bits per heavy atom. The number of carbonyl (C=O) groups excluding carboxylic acids is 2. The summed E-state index contributed by atoms with van der Waals surface area (Å²) in [5.41, 5.74) is 2.31. The molecule has 3 aromatic carbocycles. The van der Waals surface area contributed by atoms with Gasteiger partial charge in [0.25, 0.3) is 15.9 Å². The molecule has 0 aliphatic carbocycles. The van der Waals surface area contributed by atoms with E-state index < -0.39 is 27.9 Å². The number of amides is 3. The molecule has 5 rings (SSSR count). The molecule has 0 radical (unpaired) electrons. The SMILES string of the molecule is O=C(c1cccc(F)c1)N1CCc2cc(S(=O)(=O)N3CC(c4ccccc4)NC3=O)ccc21. The Balaban J connectivity index is 1.40. The van der Waals surface area contributed by atoms with E-state index >= 15 is 0 Å². The lowest BCUT2D eigenvalue weighted by Gasteiger charge is -2.19. The molecule has 9 heteroatoms. The third-order valence-electron chi connectivity index (χ3n) is 5.93. The van der Waals surface area contributed by atoms with Crippen LogP contribution < -0.4 is 10.2 Å². The van der Waals surface area contributed by atoms with Crippen molar-refractivity contribution in [2.24, 2.45) is 0 Å². The number of halogens is 1. The molecule has 3 amide bonds. The van der Waals surface area contributed by atoms with Crippen LogP contribution in [0.15, 0.2) is 77.7 Å². The van der Waals surface area contributed by atoms with Crippen LogP contribution in [0, 0.1) is 5.82 Å². The summed E-state index contributed by atoms with van der Waals surface area (Å²) in [7, 11) is -4.08. The highest BCUT2D eigenvalue weighted by Gasteiger charge is 2.39. The molecule has 1 atom stereocenters. The molecule has 1 saturated heterocycles. The van der Waals surface area contributed by atoms with Gasteiger partial charge in [0, 0.05) is 17.8 Å². The number of nitrogens with zero attached hydrogens (tertiary/aromatic N) is 2. The molecular weight excluding hydrogens is 445 g/mol. The van der Waals surface area contributed by atoms with Crippen LogP contribution in [0.2, 0.25) is 0 Å². The molecule has 1 N–H and O–H groups in total. The average Bonchev–Trinajstić information content (AvgIpc) is 3.43. The highest BCUT2D eigenvalue weighted by atomic mass is 32.2. The largest absolute Gasteiger partial charge is 0.331 e. The molecule has 7 nitrogen and oxygen atoms in total. The van der Waals surface area contributed by atoms with E-state index in [-0.39, 0.29) is 22.9 Å². The molecule has 0 aromatic heterocycles. The van der Waals surface area contributed by atoms with Gasteiger partial charge in [0.1, 0.15) is 5.82 Å². The fourth-order valence-electron chi connectivity index (χ4n) is 4.25. The number of hydrogen-bond acceptors (Lipinski definition) is 4. The summed E-state index contributed by atoms with van der Waals surface area (Å²) < 4.78 is 40.9. The molecule has 0 spiro atoms. The molecule has 2 aliphatic rings. The summed E-state index contributed by atoms with van der Waals surface area (Å²) in [6.45, 7) is 0.348. The third-order valence-corrected chi connectivity index (χ3v) is 7.67. The van der Waals surface area contributed by atoms with Crippen LogP contribution >= 0.6 is 0 Å². The number of sulfonamides is 1. The van der Waals surface area contributed by atoms with Gasteiger partial charge in [0.2, 0.25) is 0 Å². The number of benzene rings is 3. The number of nitrogens with one attached hydrogen (secondary N) is 1. The molecule has 33 heavy (non-hydrogen) atoms. The van der Waals surface area contributed by atoms with Crippen molar-refractivity contribution in [1.82, 2.24) is 9.62 Å². The summed E-state index contributed by atoms with van der Waals surface area (Å²) >= 11 is 0. The fourth-order valence-corrected chi connectivity index (χ4v) is 5.65. The van der Waals surface area contributed by atoms with Crippen LogP contribution in [0.5, 0.6) is 0 Å². The first-order valence-corrected chi connectivity index (χ1v) is 11.9. The van der Waals surface area contributed by atoms with E-state index in [1.165, 1.54) is 41.3 Å². The lowest BCUT2D eigenvalue weighted by molar-refractivity contribution is 0.0989. The Labute approximate surface area is 190 Å². The number of urea groups is 1. The average molecular weight is 466 g/mol. The number of anilines is 1. The second kappa shape index (κ2) is 8.00. The summed E-state index contributed by atoms with van der Waals surface area (Å²) in [4.78, 5) is 26.8. The number of carbonyl (C=O) groups is 2. The normalized spacial score (nSPS) is 17.7. The van der Waals surface area contributed by atoms with E-state index in [1.54, 1.807) is 6.07 Å². The van der Waals surface area contributed by atoms with Gasteiger partial charge >= 0.3 is 6.03 Å². The maximum atomic E-state index is 13.5. The first-order valence-electron chi connectivity index (χ1n) is 10.4. The molecule has 2 aliphatic heterocycles. The third kappa shape index (κ3) is 3.74. The van der Waals surface area contributed by atoms with Gasteiger partial charge in [-0.25, -0.2) is 21.9 Å². The maximum absolute atomic E-state index is 13.5. The van der Waals surface area contributed by atoms with Crippen LogP contribution in [0.4, 0.5) is 14.9 Å². The van der Waals surface area contributed by atoms with Gasteiger partial charge in [-0.3, -0.25) is 4.79 Å². The number of fused-ring (bicyclic) bond motifs is 1. The standard InChI is InChI=1S/C24H20FN3O4S/c25-19-8-4-7-18(13-19)23(29)27-12-11-17-14-20(9-10-22(17)27)33(31,32)28-15-21(26-24(28)30)16-5-2-1-3-6-16/h1-10,13-14,21H,11-12,15H2,(H,26,30). The van der Waals surface area contributed by atoms with Crippen LogP contribution in [0.1, 0.15) is 27.5 Å². The fraction of sp³-hybridized carbons (Fsp3) is 0.167.